The standard InChI is InChI=1S/C24H25N3O4/c1-3-11-26-23(25)17-5-8-20(9-6-17)27-24(29)18-7-10-21-19(14-18)12-16(15-31-21)13-22(28)30-4-2/h1,5-10,14,16H,4,11-13,15H2,2H3,(H2,25,26)(H,27,29). The zero-order valence-electron chi connectivity index (χ0n) is 17.4. The lowest BCUT2D eigenvalue weighted by molar-refractivity contribution is -0.144. The van der Waals surface area contributed by atoms with Gasteiger partial charge in [0, 0.05) is 22.7 Å². The van der Waals surface area contributed by atoms with E-state index in [1.54, 1.807) is 49.4 Å². The molecule has 0 saturated heterocycles. The highest BCUT2D eigenvalue weighted by molar-refractivity contribution is 6.05. The van der Waals surface area contributed by atoms with E-state index in [0.29, 0.717) is 43.1 Å². The first-order valence-corrected chi connectivity index (χ1v) is 10.1. The largest absolute Gasteiger partial charge is 0.493 e. The van der Waals surface area contributed by atoms with Crippen molar-refractivity contribution in [2.75, 3.05) is 25.1 Å². The van der Waals surface area contributed by atoms with Crippen molar-refractivity contribution >= 4 is 23.4 Å². The summed E-state index contributed by atoms with van der Waals surface area (Å²) in [5, 5.41) is 2.87. The van der Waals surface area contributed by atoms with Crippen LogP contribution in [-0.2, 0) is 16.0 Å². The van der Waals surface area contributed by atoms with E-state index in [9.17, 15) is 9.59 Å². The van der Waals surface area contributed by atoms with Crippen molar-refractivity contribution in [1.29, 1.82) is 0 Å². The first-order chi connectivity index (χ1) is 15.0. The highest BCUT2D eigenvalue weighted by Gasteiger charge is 2.24. The van der Waals surface area contributed by atoms with Gasteiger partial charge in [-0.05, 0) is 61.4 Å². The lowest BCUT2D eigenvalue weighted by Gasteiger charge is -2.25. The fourth-order valence-corrected chi connectivity index (χ4v) is 3.33. The topological polar surface area (TPSA) is 103 Å². The van der Waals surface area contributed by atoms with Crippen molar-refractivity contribution in [1.82, 2.24) is 0 Å². The van der Waals surface area contributed by atoms with Gasteiger partial charge in [0.1, 0.15) is 18.1 Å². The summed E-state index contributed by atoms with van der Waals surface area (Å²) in [5.74, 6) is 3.05. The smallest absolute Gasteiger partial charge is 0.306 e. The molecule has 1 amide bonds. The molecule has 0 radical (unpaired) electrons. The number of fused-ring (bicyclic) bond motifs is 1. The second-order valence-electron chi connectivity index (χ2n) is 7.15. The van der Waals surface area contributed by atoms with E-state index in [2.05, 4.69) is 16.2 Å². The number of rotatable bonds is 7. The number of benzene rings is 2. The van der Waals surface area contributed by atoms with Crippen molar-refractivity contribution in [3.63, 3.8) is 0 Å². The Bertz CT molecular complexity index is 1020. The maximum Gasteiger partial charge on any atom is 0.306 e. The molecule has 0 aromatic heterocycles. The van der Waals surface area contributed by atoms with Crippen LogP contribution in [0, 0.1) is 18.3 Å². The molecular weight excluding hydrogens is 394 g/mol. The van der Waals surface area contributed by atoms with Gasteiger partial charge >= 0.3 is 5.97 Å². The molecule has 160 valence electrons. The van der Waals surface area contributed by atoms with Crippen LogP contribution < -0.4 is 15.8 Å². The van der Waals surface area contributed by atoms with Crippen LogP contribution in [0.25, 0.3) is 0 Å². The molecule has 1 unspecified atom stereocenters. The Kier molecular flexibility index (Phi) is 7.28. The third-order valence-electron chi connectivity index (χ3n) is 4.85. The molecule has 1 aliphatic heterocycles. The van der Waals surface area contributed by atoms with Gasteiger partial charge in [-0.3, -0.25) is 14.6 Å². The van der Waals surface area contributed by atoms with Crippen LogP contribution in [0.1, 0.15) is 34.8 Å². The molecule has 0 fully saturated rings. The number of ether oxygens (including phenoxy) is 2. The summed E-state index contributed by atoms with van der Waals surface area (Å²) in [6.45, 7) is 2.81. The summed E-state index contributed by atoms with van der Waals surface area (Å²) in [6.07, 6.45) is 6.13. The van der Waals surface area contributed by atoms with Crippen LogP contribution in [0.15, 0.2) is 47.5 Å². The maximum atomic E-state index is 12.7. The minimum Gasteiger partial charge on any atom is -0.493 e. The molecule has 1 atom stereocenters. The molecule has 0 aliphatic carbocycles. The van der Waals surface area contributed by atoms with E-state index in [1.165, 1.54) is 0 Å². The molecule has 7 nitrogen and oxygen atoms in total. The third kappa shape index (κ3) is 5.86. The fourth-order valence-electron chi connectivity index (χ4n) is 3.33. The van der Waals surface area contributed by atoms with Gasteiger partial charge in [-0.15, -0.1) is 6.42 Å². The molecule has 1 aliphatic rings. The van der Waals surface area contributed by atoms with Gasteiger partial charge in [0.2, 0.25) is 0 Å². The van der Waals surface area contributed by atoms with Gasteiger partial charge in [0.25, 0.3) is 5.91 Å². The van der Waals surface area contributed by atoms with E-state index < -0.39 is 0 Å². The van der Waals surface area contributed by atoms with Crippen LogP contribution in [0.2, 0.25) is 0 Å². The van der Waals surface area contributed by atoms with Gasteiger partial charge in [0.15, 0.2) is 0 Å². The number of esters is 1. The summed E-state index contributed by atoms with van der Waals surface area (Å²) < 4.78 is 10.8. The van der Waals surface area contributed by atoms with Crippen LogP contribution in [0.4, 0.5) is 5.69 Å². The highest BCUT2D eigenvalue weighted by Crippen LogP contribution is 2.30. The Hall–Kier alpha value is -3.79. The van der Waals surface area contributed by atoms with Gasteiger partial charge in [-0.2, -0.15) is 0 Å². The Morgan fingerprint density at radius 2 is 2.00 bits per heavy atom. The van der Waals surface area contributed by atoms with E-state index in [0.717, 1.165) is 16.9 Å². The predicted molar refractivity (Wildman–Crippen MR) is 119 cm³/mol. The zero-order valence-corrected chi connectivity index (χ0v) is 17.4. The van der Waals surface area contributed by atoms with Gasteiger partial charge in [-0.25, -0.2) is 0 Å². The molecule has 0 saturated carbocycles. The third-order valence-corrected chi connectivity index (χ3v) is 4.85. The number of carbonyl (C=O) groups is 2. The number of nitrogens with zero attached hydrogens (tertiary/aromatic N) is 1. The Morgan fingerprint density at radius 1 is 1.26 bits per heavy atom. The van der Waals surface area contributed by atoms with E-state index in [-0.39, 0.29) is 24.3 Å². The summed E-state index contributed by atoms with van der Waals surface area (Å²) in [7, 11) is 0. The molecule has 2 aromatic carbocycles. The van der Waals surface area contributed by atoms with Gasteiger partial charge in [0.05, 0.1) is 19.6 Å². The first kappa shape index (κ1) is 21.9. The minimum absolute atomic E-state index is 0.0269. The average Bonchev–Trinajstić information content (AvgIpc) is 2.77. The van der Waals surface area contributed by atoms with E-state index in [4.69, 9.17) is 21.6 Å². The number of nitrogens with two attached hydrogens (primary N) is 1. The van der Waals surface area contributed by atoms with Crippen molar-refractivity contribution in [3.8, 4) is 18.1 Å². The monoisotopic (exact) mass is 419 g/mol. The normalized spacial score (nSPS) is 15.2. The van der Waals surface area contributed by atoms with Crippen LogP contribution in [0.3, 0.4) is 0 Å². The molecule has 7 heteroatoms. The molecule has 2 aromatic rings. The Balaban J connectivity index is 1.65. The lowest BCUT2D eigenvalue weighted by atomic mass is 9.93. The van der Waals surface area contributed by atoms with Gasteiger partial charge in [-0.1, -0.05) is 5.92 Å². The van der Waals surface area contributed by atoms with Crippen LogP contribution in [-0.4, -0.2) is 37.5 Å². The molecule has 1 heterocycles. The second-order valence-corrected chi connectivity index (χ2v) is 7.15. The number of amidine groups is 1. The average molecular weight is 419 g/mol. The summed E-state index contributed by atoms with van der Waals surface area (Å²) in [5.41, 5.74) is 8.65. The fraction of sp³-hybridized carbons (Fsp3) is 0.292. The number of anilines is 1. The van der Waals surface area contributed by atoms with Crippen LogP contribution >= 0.6 is 0 Å². The first-order valence-electron chi connectivity index (χ1n) is 10.1. The second kappa shape index (κ2) is 10.3. The molecule has 0 bridgehead atoms. The Morgan fingerprint density at radius 3 is 2.71 bits per heavy atom. The number of terminal acetylenes is 1. The quantitative estimate of drug-likeness (QED) is 0.311. The number of nitrogens with one attached hydrogen (secondary N) is 1. The van der Waals surface area contributed by atoms with Crippen molar-refractivity contribution in [2.24, 2.45) is 16.6 Å². The van der Waals surface area contributed by atoms with E-state index in [1.807, 2.05) is 0 Å². The maximum absolute atomic E-state index is 12.7. The van der Waals surface area contributed by atoms with Crippen LogP contribution in [0.5, 0.6) is 5.75 Å². The molecule has 3 N–H and O–H groups in total. The minimum atomic E-state index is -0.239. The SMILES string of the molecule is C#CCN=C(N)c1ccc(NC(=O)c2ccc3c(c2)CC(CC(=O)OCC)CO3)cc1. The van der Waals surface area contributed by atoms with E-state index >= 15 is 0 Å². The molecule has 31 heavy (non-hydrogen) atoms. The number of hydrogen-bond acceptors (Lipinski definition) is 5. The number of hydrogen-bond donors (Lipinski definition) is 2. The van der Waals surface area contributed by atoms with Crippen molar-refractivity contribution in [2.45, 2.75) is 19.8 Å². The molecule has 0 spiro atoms. The molecule has 3 rings (SSSR count). The zero-order chi connectivity index (χ0) is 22.2. The number of carbonyl (C=O) groups excluding carboxylic acids is 2. The number of aliphatic imine (C=N–C) groups is 1. The highest BCUT2D eigenvalue weighted by atomic mass is 16.5. The Labute approximate surface area is 181 Å². The summed E-state index contributed by atoms with van der Waals surface area (Å²) >= 11 is 0. The summed E-state index contributed by atoms with van der Waals surface area (Å²) in [6, 6.07) is 12.4. The lowest BCUT2D eigenvalue weighted by Crippen LogP contribution is -2.25. The number of amides is 1. The summed E-state index contributed by atoms with van der Waals surface area (Å²) in [4.78, 5) is 28.5. The predicted octanol–water partition coefficient (Wildman–Crippen LogP) is 2.78. The van der Waals surface area contributed by atoms with Gasteiger partial charge < -0.3 is 20.5 Å². The van der Waals surface area contributed by atoms with Crippen molar-refractivity contribution < 1.29 is 19.1 Å². The molecular formula is C24H25N3O4. The van der Waals surface area contributed by atoms with Crippen molar-refractivity contribution in [3.05, 3.63) is 59.2 Å².